The Bertz CT molecular complexity index is 1170. The maximum Gasteiger partial charge on any atom is 0.213 e. The van der Waals surface area contributed by atoms with E-state index in [2.05, 4.69) is 56.5 Å². The number of aromatic nitrogens is 3. The Labute approximate surface area is 237 Å². The fourth-order valence-electron chi connectivity index (χ4n) is 2.51. The Hall–Kier alpha value is -3.72. The monoisotopic (exact) mass is 550 g/mol. The molecule has 39 heavy (non-hydrogen) atoms. The zero-order valence-electron chi connectivity index (χ0n) is 23.7. The van der Waals surface area contributed by atoms with E-state index in [1.807, 2.05) is 24.3 Å². The summed E-state index contributed by atoms with van der Waals surface area (Å²) in [5, 5.41) is 17.3. The highest BCUT2D eigenvalue weighted by atomic mass is 35.5. The molecule has 3 rings (SSSR count). The number of nitrogens with two attached hydrogens (primary N) is 1. The normalized spacial score (nSPS) is 10.5. The highest BCUT2D eigenvalue weighted by molar-refractivity contribution is 6.29. The number of pyridine rings is 3. The van der Waals surface area contributed by atoms with Crippen molar-refractivity contribution >= 4 is 11.6 Å². The predicted molar refractivity (Wildman–Crippen MR) is 154 cm³/mol. The lowest BCUT2D eigenvalue weighted by molar-refractivity contribution is 0.236. The molecule has 0 saturated heterocycles. The van der Waals surface area contributed by atoms with Gasteiger partial charge in [-0.2, -0.15) is 10.5 Å². The first-order valence-corrected chi connectivity index (χ1v) is 13.0. The molecular formula is C30H39ClN6O2. The van der Waals surface area contributed by atoms with Crippen molar-refractivity contribution in [3.63, 3.8) is 0 Å². The molecule has 208 valence electrons. The molecule has 0 aromatic carbocycles. The van der Waals surface area contributed by atoms with E-state index in [4.69, 9.17) is 37.3 Å². The van der Waals surface area contributed by atoms with Gasteiger partial charge in [-0.05, 0) is 47.4 Å². The summed E-state index contributed by atoms with van der Waals surface area (Å²) in [7, 11) is 0. The van der Waals surface area contributed by atoms with Gasteiger partial charge in [0, 0.05) is 37.3 Å². The van der Waals surface area contributed by atoms with Crippen LogP contribution in [0.5, 0.6) is 11.8 Å². The van der Waals surface area contributed by atoms with Crippen LogP contribution in [-0.4, -0.2) is 28.2 Å². The van der Waals surface area contributed by atoms with Gasteiger partial charge in [-0.15, -0.1) is 0 Å². The quantitative estimate of drug-likeness (QED) is 0.320. The molecule has 0 atom stereocenters. The summed E-state index contributed by atoms with van der Waals surface area (Å²) in [6, 6.07) is 14.4. The van der Waals surface area contributed by atoms with E-state index in [9.17, 15) is 0 Å². The Kier molecular flexibility index (Phi) is 14.5. The Morgan fingerprint density at radius 2 is 1.18 bits per heavy atom. The van der Waals surface area contributed by atoms with Gasteiger partial charge in [0.1, 0.15) is 17.3 Å². The third-order valence-electron chi connectivity index (χ3n) is 4.96. The zero-order valence-corrected chi connectivity index (χ0v) is 24.5. The summed E-state index contributed by atoms with van der Waals surface area (Å²) < 4.78 is 11.0. The third kappa shape index (κ3) is 16.7. The summed E-state index contributed by atoms with van der Waals surface area (Å²) >= 11 is 5.45. The van der Waals surface area contributed by atoms with Gasteiger partial charge in [0.25, 0.3) is 0 Å². The van der Waals surface area contributed by atoms with Crippen LogP contribution in [0.4, 0.5) is 0 Å². The van der Waals surface area contributed by atoms with E-state index in [-0.39, 0.29) is 5.41 Å². The molecule has 0 spiro atoms. The molecule has 2 N–H and O–H groups in total. The molecule has 3 aromatic rings. The largest absolute Gasteiger partial charge is 0.478 e. The van der Waals surface area contributed by atoms with E-state index in [1.54, 1.807) is 30.5 Å². The minimum atomic E-state index is 0.270. The minimum Gasteiger partial charge on any atom is -0.478 e. The molecule has 0 bridgehead atoms. The van der Waals surface area contributed by atoms with Crippen molar-refractivity contribution in [3.05, 3.63) is 76.8 Å². The average molecular weight is 551 g/mol. The molecule has 0 fully saturated rings. The van der Waals surface area contributed by atoms with Gasteiger partial charge in [-0.1, -0.05) is 59.2 Å². The van der Waals surface area contributed by atoms with E-state index in [0.717, 1.165) is 18.4 Å². The molecule has 8 nitrogen and oxygen atoms in total. The molecule has 0 aliphatic heterocycles. The van der Waals surface area contributed by atoms with Crippen LogP contribution in [0, 0.1) is 33.5 Å². The molecule has 0 amide bonds. The van der Waals surface area contributed by atoms with Crippen molar-refractivity contribution < 1.29 is 9.47 Å². The SMILES string of the molecule is CC(C)(C)CCOc1ccc(C#N)cn1.CC(C)(C)CCOc1ccc(CN)cn1.N#Cc1ccc(Cl)nc1. The number of nitriles is 2. The lowest BCUT2D eigenvalue weighted by atomic mass is 9.93. The smallest absolute Gasteiger partial charge is 0.213 e. The molecule has 0 aliphatic carbocycles. The third-order valence-corrected chi connectivity index (χ3v) is 5.18. The summed E-state index contributed by atoms with van der Waals surface area (Å²) in [6.07, 6.45) is 6.71. The maximum absolute atomic E-state index is 8.58. The second-order valence-electron chi connectivity index (χ2n) is 11.0. The van der Waals surface area contributed by atoms with Crippen molar-refractivity contribution in [2.24, 2.45) is 16.6 Å². The Morgan fingerprint density at radius 1 is 0.718 bits per heavy atom. The van der Waals surface area contributed by atoms with Crippen LogP contribution in [0.1, 0.15) is 71.1 Å². The molecule has 0 saturated carbocycles. The first-order chi connectivity index (χ1) is 18.3. The fraction of sp³-hybridized carbons (Fsp3) is 0.433. The molecule has 3 aromatic heterocycles. The minimum absolute atomic E-state index is 0.270. The summed E-state index contributed by atoms with van der Waals surface area (Å²) in [5.41, 5.74) is 8.16. The van der Waals surface area contributed by atoms with Crippen LogP contribution in [0.25, 0.3) is 0 Å². The number of halogens is 1. The second-order valence-corrected chi connectivity index (χ2v) is 11.4. The van der Waals surface area contributed by atoms with Crippen LogP contribution in [0.15, 0.2) is 55.0 Å². The van der Waals surface area contributed by atoms with Crippen LogP contribution < -0.4 is 15.2 Å². The van der Waals surface area contributed by atoms with Gasteiger partial charge in [0.15, 0.2) is 0 Å². The second kappa shape index (κ2) is 17.0. The Balaban J connectivity index is 0.000000302. The van der Waals surface area contributed by atoms with Gasteiger partial charge >= 0.3 is 0 Å². The highest BCUT2D eigenvalue weighted by Crippen LogP contribution is 2.19. The first kappa shape index (κ1) is 33.3. The van der Waals surface area contributed by atoms with E-state index >= 15 is 0 Å². The van der Waals surface area contributed by atoms with E-state index in [1.165, 1.54) is 12.4 Å². The van der Waals surface area contributed by atoms with E-state index < -0.39 is 0 Å². The van der Waals surface area contributed by atoms with Gasteiger partial charge in [0.05, 0.1) is 24.3 Å². The van der Waals surface area contributed by atoms with Gasteiger partial charge in [-0.25, -0.2) is 15.0 Å². The average Bonchev–Trinajstić information content (AvgIpc) is 2.89. The fourth-order valence-corrected chi connectivity index (χ4v) is 2.63. The van der Waals surface area contributed by atoms with Crippen LogP contribution in [-0.2, 0) is 6.54 Å². The van der Waals surface area contributed by atoms with Crippen molar-refractivity contribution in [1.82, 2.24) is 15.0 Å². The number of ether oxygens (including phenoxy) is 2. The van der Waals surface area contributed by atoms with Crippen LogP contribution in [0.2, 0.25) is 5.15 Å². The van der Waals surface area contributed by atoms with Gasteiger partial charge < -0.3 is 15.2 Å². The lowest BCUT2D eigenvalue weighted by Gasteiger charge is -2.17. The van der Waals surface area contributed by atoms with Crippen molar-refractivity contribution in [1.29, 1.82) is 10.5 Å². The summed E-state index contributed by atoms with van der Waals surface area (Å²) in [6.45, 7) is 15.0. The molecule has 0 aliphatic rings. The number of hydrogen-bond acceptors (Lipinski definition) is 8. The highest BCUT2D eigenvalue weighted by Gasteiger charge is 2.10. The molecular weight excluding hydrogens is 512 g/mol. The Morgan fingerprint density at radius 3 is 1.51 bits per heavy atom. The van der Waals surface area contributed by atoms with Gasteiger partial charge in [0.2, 0.25) is 11.8 Å². The summed E-state index contributed by atoms with van der Waals surface area (Å²) in [5.74, 6) is 1.26. The molecule has 0 radical (unpaired) electrons. The number of rotatable bonds is 7. The summed E-state index contributed by atoms with van der Waals surface area (Å²) in [4.78, 5) is 11.9. The topological polar surface area (TPSA) is 131 Å². The van der Waals surface area contributed by atoms with Crippen LogP contribution >= 0.6 is 11.6 Å². The maximum atomic E-state index is 8.58. The molecule has 3 heterocycles. The molecule has 9 heteroatoms. The van der Waals surface area contributed by atoms with Crippen molar-refractivity contribution in [3.8, 4) is 23.9 Å². The van der Waals surface area contributed by atoms with Crippen molar-refractivity contribution in [2.45, 2.75) is 60.9 Å². The van der Waals surface area contributed by atoms with E-state index in [0.29, 0.717) is 53.2 Å². The lowest BCUT2D eigenvalue weighted by Crippen LogP contribution is -2.11. The molecule has 0 unspecified atom stereocenters. The number of nitrogens with zero attached hydrogens (tertiary/aromatic N) is 5. The number of hydrogen-bond donors (Lipinski definition) is 1. The van der Waals surface area contributed by atoms with Gasteiger partial charge in [-0.3, -0.25) is 0 Å². The van der Waals surface area contributed by atoms with Crippen LogP contribution in [0.3, 0.4) is 0 Å². The standard InChI is InChI=1S/C12H20N2O.C12H16N2O.C6H3ClN2/c2*1-12(2,3)6-7-15-11-5-4-10(8-13)9-14-11;7-6-2-1-5(3-8)4-9-6/h4-5,9H,6-8,13H2,1-3H3;4-5,9H,6-7H2,1-3H3;1-2,4H. The predicted octanol–water partition coefficient (Wildman–Crippen LogP) is 6.73. The first-order valence-electron chi connectivity index (χ1n) is 12.6. The zero-order chi connectivity index (χ0) is 29.3. The van der Waals surface area contributed by atoms with Crippen molar-refractivity contribution in [2.75, 3.05) is 13.2 Å².